The molecular formula is C25H23FN2O6. The fraction of sp³-hybridized carbons (Fsp3) is 0.200. The molecule has 4 rings (SSSR count). The predicted octanol–water partition coefficient (Wildman–Crippen LogP) is 4.32. The quantitative estimate of drug-likeness (QED) is 0.361. The molecule has 2 N–H and O–H groups in total. The topological polar surface area (TPSA) is 105 Å². The Balaban J connectivity index is 1.40. The number of carboxylic acids is 1. The van der Waals surface area contributed by atoms with Crippen LogP contribution in [0.1, 0.15) is 16.3 Å². The molecule has 0 aliphatic rings. The molecule has 0 bridgehead atoms. The number of nitrogens with zero attached hydrogens (tertiary/aromatic N) is 1. The minimum absolute atomic E-state index is 0.0260. The Kier molecular flexibility index (Phi) is 6.93. The van der Waals surface area contributed by atoms with Crippen molar-refractivity contribution in [3.8, 4) is 16.9 Å². The Morgan fingerprint density at radius 2 is 1.88 bits per heavy atom. The van der Waals surface area contributed by atoms with Gasteiger partial charge in [-0.15, -0.1) is 0 Å². The lowest BCUT2D eigenvalue weighted by atomic mass is 10.0. The summed E-state index contributed by atoms with van der Waals surface area (Å²) in [5.41, 5.74) is 2.28. The Labute approximate surface area is 194 Å². The molecule has 2 aromatic heterocycles. The molecule has 0 aliphatic heterocycles. The van der Waals surface area contributed by atoms with Crippen molar-refractivity contribution in [2.45, 2.75) is 6.61 Å². The molecule has 1 amide bonds. The molecule has 0 fully saturated rings. The van der Waals surface area contributed by atoms with Crippen LogP contribution in [0.4, 0.5) is 4.39 Å². The number of aliphatic carboxylic acids is 1. The molecule has 0 saturated heterocycles. The first kappa shape index (κ1) is 23.1. The number of carbonyl (C=O) groups excluding carboxylic acids is 1. The van der Waals surface area contributed by atoms with E-state index in [4.69, 9.17) is 19.0 Å². The van der Waals surface area contributed by atoms with Crippen LogP contribution < -0.4 is 4.74 Å². The summed E-state index contributed by atoms with van der Waals surface area (Å²) < 4.78 is 30.2. The number of aromatic nitrogens is 1. The molecule has 2 aromatic carbocycles. The zero-order chi connectivity index (χ0) is 24.1. The highest BCUT2D eigenvalue weighted by molar-refractivity contribution is 5.95. The second kappa shape index (κ2) is 10.2. The van der Waals surface area contributed by atoms with E-state index >= 15 is 0 Å². The molecule has 2 heterocycles. The number of benzene rings is 2. The monoisotopic (exact) mass is 466 g/mol. The number of nitrogens with one attached hydrogen (secondary N) is 1. The first-order chi connectivity index (χ1) is 16.5. The van der Waals surface area contributed by atoms with Gasteiger partial charge >= 0.3 is 5.97 Å². The van der Waals surface area contributed by atoms with Crippen LogP contribution in [-0.2, 0) is 16.1 Å². The summed E-state index contributed by atoms with van der Waals surface area (Å²) in [6.07, 6.45) is 1.70. The Bertz CT molecular complexity index is 1290. The highest BCUT2D eigenvalue weighted by Crippen LogP contribution is 2.31. The Hall–Kier alpha value is -4.11. The van der Waals surface area contributed by atoms with E-state index in [-0.39, 0.29) is 31.3 Å². The number of ether oxygens (including phenoxy) is 2. The smallest absolute Gasteiger partial charge is 0.323 e. The van der Waals surface area contributed by atoms with Gasteiger partial charge in [-0.25, -0.2) is 4.39 Å². The predicted molar refractivity (Wildman–Crippen MR) is 122 cm³/mol. The molecule has 8 nitrogen and oxygen atoms in total. The summed E-state index contributed by atoms with van der Waals surface area (Å²) in [5, 5.41) is 9.83. The van der Waals surface area contributed by atoms with E-state index in [1.165, 1.54) is 19.2 Å². The molecule has 0 radical (unpaired) electrons. The van der Waals surface area contributed by atoms with Gasteiger partial charge in [0.15, 0.2) is 5.76 Å². The van der Waals surface area contributed by atoms with E-state index in [0.29, 0.717) is 17.0 Å². The van der Waals surface area contributed by atoms with Crippen LogP contribution in [0, 0.1) is 5.82 Å². The third-order valence-corrected chi connectivity index (χ3v) is 5.27. The van der Waals surface area contributed by atoms with Gasteiger partial charge in [0, 0.05) is 25.2 Å². The highest BCUT2D eigenvalue weighted by Gasteiger charge is 2.21. The third-order valence-electron chi connectivity index (χ3n) is 5.27. The van der Waals surface area contributed by atoms with E-state index in [1.54, 1.807) is 30.5 Å². The number of fused-ring (bicyclic) bond motifs is 1. The number of carboxylic acid groups (broad SMARTS) is 1. The van der Waals surface area contributed by atoms with Crippen LogP contribution >= 0.6 is 0 Å². The van der Waals surface area contributed by atoms with Gasteiger partial charge in [-0.2, -0.15) is 0 Å². The fourth-order valence-corrected chi connectivity index (χ4v) is 3.60. The van der Waals surface area contributed by atoms with Gasteiger partial charge in [0.05, 0.1) is 12.1 Å². The second-order valence-corrected chi connectivity index (χ2v) is 7.55. The lowest BCUT2D eigenvalue weighted by Gasteiger charge is -2.18. The minimum atomic E-state index is -1.12. The number of rotatable bonds is 10. The van der Waals surface area contributed by atoms with Gasteiger partial charge in [-0.05, 0) is 47.5 Å². The van der Waals surface area contributed by atoms with Crippen molar-refractivity contribution in [3.05, 3.63) is 78.1 Å². The van der Waals surface area contributed by atoms with Gasteiger partial charge < -0.3 is 28.9 Å². The summed E-state index contributed by atoms with van der Waals surface area (Å²) in [6, 6.07) is 15.5. The maximum atomic E-state index is 13.9. The van der Waals surface area contributed by atoms with Crippen LogP contribution in [0.25, 0.3) is 22.0 Å². The molecule has 9 heteroatoms. The van der Waals surface area contributed by atoms with E-state index < -0.39 is 18.4 Å². The maximum Gasteiger partial charge on any atom is 0.323 e. The zero-order valence-corrected chi connectivity index (χ0v) is 18.4. The molecule has 176 valence electrons. The average molecular weight is 466 g/mol. The number of furan rings is 1. The summed E-state index contributed by atoms with van der Waals surface area (Å²) in [5.74, 6) is -0.927. The van der Waals surface area contributed by atoms with Crippen LogP contribution in [0.5, 0.6) is 5.75 Å². The number of hydrogen-bond acceptors (Lipinski definition) is 5. The van der Waals surface area contributed by atoms with Crippen molar-refractivity contribution in [2.24, 2.45) is 0 Å². The van der Waals surface area contributed by atoms with Gasteiger partial charge in [-0.1, -0.05) is 18.2 Å². The van der Waals surface area contributed by atoms with Crippen LogP contribution in [-0.4, -0.2) is 53.7 Å². The summed E-state index contributed by atoms with van der Waals surface area (Å²) in [4.78, 5) is 27.7. The molecule has 0 unspecified atom stereocenters. The van der Waals surface area contributed by atoms with Crippen molar-refractivity contribution < 1.29 is 33.0 Å². The SMILES string of the molecule is COCCN(CC(=O)O)C(=O)c1ccc(COc2ccc(-c3ccc(F)c4[nH]ccc34)cc2)o1. The van der Waals surface area contributed by atoms with Gasteiger partial charge in [0.2, 0.25) is 0 Å². The van der Waals surface area contributed by atoms with Gasteiger partial charge in [0.25, 0.3) is 5.91 Å². The van der Waals surface area contributed by atoms with E-state index in [2.05, 4.69) is 4.98 Å². The number of carbonyl (C=O) groups is 2. The van der Waals surface area contributed by atoms with Crippen molar-refractivity contribution in [1.82, 2.24) is 9.88 Å². The number of hydrogen-bond donors (Lipinski definition) is 2. The summed E-state index contributed by atoms with van der Waals surface area (Å²) in [7, 11) is 1.47. The van der Waals surface area contributed by atoms with E-state index in [1.807, 2.05) is 18.2 Å². The summed E-state index contributed by atoms with van der Waals surface area (Å²) >= 11 is 0. The van der Waals surface area contributed by atoms with E-state index in [9.17, 15) is 14.0 Å². The maximum absolute atomic E-state index is 13.9. The molecule has 0 saturated carbocycles. The normalized spacial score (nSPS) is 11.0. The number of methoxy groups -OCH3 is 1. The van der Waals surface area contributed by atoms with Gasteiger partial charge in [0.1, 0.15) is 30.5 Å². The van der Waals surface area contributed by atoms with Crippen molar-refractivity contribution >= 4 is 22.8 Å². The first-order valence-corrected chi connectivity index (χ1v) is 10.5. The van der Waals surface area contributed by atoms with Crippen molar-refractivity contribution in [3.63, 3.8) is 0 Å². The largest absolute Gasteiger partial charge is 0.486 e. The number of halogens is 1. The van der Waals surface area contributed by atoms with Crippen LogP contribution in [0.3, 0.4) is 0 Å². The van der Waals surface area contributed by atoms with Gasteiger partial charge in [-0.3, -0.25) is 9.59 Å². The van der Waals surface area contributed by atoms with Crippen LogP contribution in [0.15, 0.2) is 65.2 Å². The standard InChI is InChI=1S/C25H23FN2O6/c1-32-13-12-28(14-23(29)30)25(31)22-9-6-18(34-22)15-33-17-4-2-16(3-5-17)19-7-8-21(26)24-20(19)10-11-27-24/h2-11,27H,12-15H2,1H3,(H,29,30). The Morgan fingerprint density at radius 3 is 2.62 bits per heavy atom. The zero-order valence-electron chi connectivity index (χ0n) is 18.4. The number of aromatic amines is 1. The first-order valence-electron chi connectivity index (χ1n) is 10.5. The lowest BCUT2D eigenvalue weighted by molar-refractivity contribution is -0.137. The van der Waals surface area contributed by atoms with Crippen molar-refractivity contribution in [2.75, 3.05) is 26.8 Å². The second-order valence-electron chi connectivity index (χ2n) is 7.55. The lowest BCUT2D eigenvalue weighted by Crippen LogP contribution is -2.37. The molecule has 0 atom stereocenters. The van der Waals surface area contributed by atoms with Crippen LogP contribution in [0.2, 0.25) is 0 Å². The molecule has 0 spiro atoms. The molecular weight excluding hydrogens is 443 g/mol. The molecule has 34 heavy (non-hydrogen) atoms. The minimum Gasteiger partial charge on any atom is -0.486 e. The third kappa shape index (κ3) is 5.10. The number of H-pyrrole nitrogens is 1. The van der Waals surface area contributed by atoms with Crippen molar-refractivity contribution in [1.29, 1.82) is 0 Å². The number of amides is 1. The molecule has 4 aromatic rings. The molecule has 0 aliphatic carbocycles. The van der Waals surface area contributed by atoms with E-state index in [0.717, 1.165) is 21.4 Å². The highest BCUT2D eigenvalue weighted by atomic mass is 19.1. The Morgan fingerprint density at radius 1 is 1.09 bits per heavy atom. The average Bonchev–Trinajstić information content (AvgIpc) is 3.51. The summed E-state index contributed by atoms with van der Waals surface area (Å²) in [6.45, 7) is -0.0325. The fourth-order valence-electron chi connectivity index (χ4n) is 3.60.